The molecule has 1 N–H and O–H groups in total. The molecule has 0 spiro atoms. The first-order chi connectivity index (χ1) is 16.3. The molecule has 1 aromatic carbocycles. The van der Waals surface area contributed by atoms with Gasteiger partial charge in [-0.25, -0.2) is 4.79 Å². The summed E-state index contributed by atoms with van der Waals surface area (Å²) in [4.78, 5) is 39.5. The number of ether oxygens (including phenoxy) is 3. The van der Waals surface area contributed by atoms with Crippen LogP contribution in [0.25, 0.3) is 0 Å². The second-order valence-corrected chi connectivity index (χ2v) is 9.76. The molecule has 3 atom stereocenters. The maximum absolute atomic E-state index is 13.7. The van der Waals surface area contributed by atoms with Crippen LogP contribution < -0.4 is 10.1 Å². The highest BCUT2D eigenvalue weighted by Gasteiger charge is 2.47. The monoisotopic (exact) mass is 487 g/mol. The molecule has 184 valence electrons. The average molecular weight is 488 g/mol. The van der Waals surface area contributed by atoms with Crippen molar-refractivity contribution in [3.8, 4) is 5.75 Å². The van der Waals surface area contributed by atoms with Gasteiger partial charge in [-0.1, -0.05) is 26.0 Å². The Kier molecular flexibility index (Phi) is 8.83. The topological polar surface area (TPSA) is 90.9 Å². The fourth-order valence-electron chi connectivity index (χ4n) is 4.62. The van der Waals surface area contributed by atoms with Gasteiger partial charge in [0, 0.05) is 28.6 Å². The van der Waals surface area contributed by atoms with E-state index in [1.807, 2.05) is 52.0 Å². The molecule has 7 nitrogen and oxygen atoms in total. The summed E-state index contributed by atoms with van der Waals surface area (Å²) in [5, 5.41) is 3.28. The normalized spacial score (nSPS) is 22.1. The predicted octanol–water partition coefficient (Wildman–Crippen LogP) is 3.99. The third-order valence-corrected chi connectivity index (χ3v) is 7.02. The Hall–Kier alpha value is -2.74. The van der Waals surface area contributed by atoms with Crippen LogP contribution in [-0.4, -0.2) is 49.6 Å². The van der Waals surface area contributed by atoms with Crippen molar-refractivity contribution in [2.45, 2.75) is 40.0 Å². The average Bonchev–Trinajstić information content (AvgIpc) is 2.81. The van der Waals surface area contributed by atoms with Gasteiger partial charge in [0.2, 0.25) is 0 Å². The summed E-state index contributed by atoms with van der Waals surface area (Å²) in [7, 11) is 1.29. The van der Waals surface area contributed by atoms with Crippen LogP contribution in [-0.2, 0) is 23.9 Å². The number of rotatable bonds is 9. The van der Waals surface area contributed by atoms with E-state index < -0.39 is 23.8 Å². The Morgan fingerprint density at radius 1 is 1.18 bits per heavy atom. The van der Waals surface area contributed by atoms with Crippen molar-refractivity contribution in [2.24, 2.45) is 11.8 Å². The number of nitrogens with one attached hydrogen (secondary N) is 1. The number of methoxy groups -OCH3 is 1. The number of hydrogen-bond acceptors (Lipinski definition) is 8. The van der Waals surface area contributed by atoms with Crippen molar-refractivity contribution in [3.05, 3.63) is 52.4 Å². The van der Waals surface area contributed by atoms with Gasteiger partial charge in [0.05, 0.1) is 19.3 Å². The molecule has 0 radical (unpaired) electrons. The molecule has 34 heavy (non-hydrogen) atoms. The lowest BCUT2D eigenvalue weighted by molar-refractivity contribution is -0.151. The van der Waals surface area contributed by atoms with Crippen LogP contribution >= 0.6 is 11.8 Å². The SMILES string of the molecule is CCOc1ccc([C@H]2C(C(=O)OCCSCC)=C(C)NC3=C2C(=O)[C@@H](C(=O)OC)[C@H](C)C3)cc1. The van der Waals surface area contributed by atoms with Crippen LogP contribution in [0.5, 0.6) is 5.75 Å². The minimum atomic E-state index is -0.910. The second-order valence-electron chi connectivity index (χ2n) is 8.37. The number of esters is 2. The molecule has 0 unspecified atom stereocenters. The molecular formula is C26H33NO6S. The smallest absolute Gasteiger partial charge is 0.336 e. The highest BCUT2D eigenvalue weighted by Crippen LogP contribution is 2.45. The van der Waals surface area contributed by atoms with Gasteiger partial charge in [0.15, 0.2) is 5.78 Å². The fourth-order valence-corrected chi connectivity index (χ4v) is 5.11. The van der Waals surface area contributed by atoms with Gasteiger partial charge in [0.25, 0.3) is 0 Å². The number of hydrogen-bond donors (Lipinski definition) is 1. The maximum atomic E-state index is 13.7. The summed E-state index contributed by atoms with van der Waals surface area (Å²) in [6.07, 6.45) is 0.501. The molecule has 0 saturated heterocycles. The first-order valence-corrected chi connectivity index (χ1v) is 12.8. The largest absolute Gasteiger partial charge is 0.494 e. The number of allylic oxidation sites excluding steroid dienone is 3. The Balaban J connectivity index is 2.06. The predicted molar refractivity (Wildman–Crippen MR) is 131 cm³/mol. The molecule has 1 heterocycles. The third kappa shape index (κ3) is 5.32. The second kappa shape index (κ2) is 11.6. The number of thioether (sulfide) groups is 1. The van der Waals surface area contributed by atoms with Gasteiger partial charge >= 0.3 is 11.9 Å². The van der Waals surface area contributed by atoms with Gasteiger partial charge in [-0.2, -0.15) is 11.8 Å². The van der Waals surface area contributed by atoms with E-state index in [9.17, 15) is 14.4 Å². The van der Waals surface area contributed by atoms with Crippen LogP contribution in [0, 0.1) is 11.8 Å². The Morgan fingerprint density at radius 3 is 2.50 bits per heavy atom. The lowest BCUT2D eigenvalue weighted by atomic mass is 9.69. The molecule has 0 aromatic heterocycles. The van der Waals surface area contributed by atoms with Crippen molar-refractivity contribution in [1.82, 2.24) is 5.32 Å². The third-order valence-electron chi connectivity index (χ3n) is 6.15. The maximum Gasteiger partial charge on any atom is 0.336 e. The minimum Gasteiger partial charge on any atom is -0.494 e. The summed E-state index contributed by atoms with van der Waals surface area (Å²) in [5.74, 6) is -0.775. The highest BCUT2D eigenvalue weighted by molar-refractivity contribution is 7.99. The van der Waals surface area contributed by atoms with Crippen LogP contribution in [0.15, 0.2) is 46.8 Å². The van der Waals surface area contributed by atoms with Gasteiger partial charge < -0.3 is 19.5 Å². The van der Waals surface area contributed by atoms with E-state index in [1.54, 1.807) is 11.8 Å². The molecular weight excluding hydrogens is 454 g/mol. The lowest BCUT2D eigenvalue weighted by Gasteiger charge is -2.38. The van der Waals surface area contributed by atoms with Crippen molar-refractivity contribution in [2.75, 3.05) is 31.8 Å². The molecule has 0 saturated carbocycles. The van der Waals surface area contributed by atoms with Crippen LogP contribution in [0.4, 0.5) is 0 Å². The number of Topliss-reactive ketones (excluding diaryl/α,β-unsaturated/α-hetero) is 1. The minimum absolute atomic E-state index is 0.223. The van der Waals surface area contributed by atoms with Crippen LogP contribution in [0.3, 0.4) is 0 Å². The zero-order valence-electron chi connectivity index (χ0n) is 20.4. The zero-order valence-corrected chi connectivity index (χ0v) is 21.3. The van der Waals surface area contributed by atoms with Gasteiger partial charge in [-0.15, -0.1) is 0 Å². The van der Waals surface area contributed by atoms with Gasteiger partial charge in [-0.05, 0) is 49.6 Å². The standard InChI is InChI=1S/C26H33NO6S/c1-6-32-18-10-8-17(9-11-18)22-21(26(30)33-12-13-34-7-2)16(4)27-19-14-15(3)20(25(29)31-5)24(28)23(19)22/h8-11,15,20,22,27H,6-7,12-14H2,1-5H3/t15-,20+,22+/m1/s1. The van der Waals surface area contributed by atoms with Crippen LogP contribution in [0.1, 0.15) is 45.6 Å². The molecule has 1 aromatic rings. The fraction of sp³-hybridized carbons (Fsp3) is 0.500. The summed E-state index contributed by atoms with van der Waals surface area (Å²) < 4.78 is 16.1. The van der Waals surface area contributed by atoms with Gasteiger partial charge in [0.1, 0.15) is 18.3 Å². The van der Waals surface area contributed by atoms with E-state index in [-0.39, 0.29) is 18.3 Å². The molecule has 1 aliphatic heterocycles. The first kappa shape index (κ1) is 25.9. The number of carbonyl (C=O) groups excluding carboxylic acids is 3. The molecule has 0 amide bonds. The molecule has 3 rings (SSSR count). The van der Waals surface area contributed by atoms with Gasteiger partial charge in [-0.3, -0.25) is 9.59 Å². The Morgan fingerprint density at radius 2 is 1.88 bits per heavy atom. The Bertz CT molecular complexity index is 997. The highest BCUT2D eigenvalue weighted by atomic mass is 32.2. The summed E-state index contributed by atoms with van der Waals surface area (Å²) in [6, 6.07) is 7.37. The number of ketones is 1. The summed E-state index contributed by atoms with van der Waals surface area (Å²) in [6.45, 7) is 8.46. The Labute approximate surface area is 205 Å². The van der Waals surface area contributed by atoms with Crippen LogP contribution in [0.2, 0.25) is 0 Å². The quantitative estimate of drug-likeness (QED) is 0.318. The van der Waals surface area contributed by atoms with E-state index in [2.05, 4.69) is 5.32 Å². The van der Waals surface area contributed by atoms with Crippen molar-refractivity contribution < 1.29 is 28.6 Å². The zero-order chi connectivity index (χ0) is 24.8. The summed E-state index contributed by atoms with van der Waals surface area (Å²) in [5.41, 5.74) is 2.97. The lowest BCUT2D eigenvalue weighted by Crippen LogP contribution is -2.43. The van der Waals surface area contributed by atoms with E-state index in [1.165, 1.54) is 7.11 Å². The number of benzene rings is 1. The summed E-state index contributed by atoms with van der Waals surface area (Å²) >= 11 is 1.69. The van der Waals surface area contributed by atoms with E-state index >= 15 is 0 Å². The van der Waals surface area contributed by atoms with E-state index in [0.29, 0.717) is 41.4 Å². The molecule has 2 aliphatic rings. The van der Waals surface area contributed by atoms with E-state index in [4.69, 9.17) is 14.2 Å². The molecule has 8 heteroatoms. The molecule has 0 bridgehead atoms. The first-order valence-electron chi connectivity index (χ1n) is 11.6. The van der Waals surface area contributed by atoms with Crippen molar-refractivity contribution in [1.29, 1.82) is 0 Å². The number of dihydropyridines is 1. The molecule has 0 fully saturated rings. The van der Waals surface area contributed by atoms with Crippen molar-refractivity contribution >= 4 is 29.5 Å². The van der Waals surface area contributed by atoms with E-state index in [0.717, 1.165) is 17.0 Å². The van der Waals surface area contributed by atoms with Crippen molar-refractivity contribution in [3.63, 3.8) is 0 Å². The molecule has 1 aliphatic carbocycles. The number of carbonyl (C=O) groups is 3.